The van der Waals surface area contributed by atoms with Gasteiger partial charge in [0.1, 0.15) is 11.5 Å². The summed E-state index contributed by atoms with van der Waals surface area (Å²) in [5, 5.41) is 2.50. The van der Waals surface area contributed by atoms with Crippen molar-refractivity contribution >= 4 is 11.6 Å². The van der Waals surface area contributed by atoms with Crippen LogP contribution in [-0.2, 0) is 23.9 Å². The van der Waals surface area contributed by atoms with Gasteiger partial charge in [0.05, 0.1) is 19.8 Å². The zero-order chi connectivity index (χ0) is 20.0. The molecular weight excluding hydrogens is 361 g/mol. The number of anilines is 1. The lowest BCUT2D eigenvalue weighted by molar-refractivity contribution is -0.137. The van der Waals surface area contributed by atoms with E-state index in [1.54, 1.807) is 18.2 Å². The molecule has 8 heteroatoms. The highest BCUT2D eigenvalue weighted by atomic mass is 19.4. The van der Waals surface area contributed by atoms with Crippen molar-refractivity contribution in [3.63, 3.8) is 0 Å². The molecule has 0 aliphatic heterocycles. The van der Waals surface area contributed by atoms with E-state index in [9.17, 15) is 18.0 Å². The Bertz CT molecular complexity index is 785. The topological polar surface area (TPSA) is 73.6 Å². The second-order valence-corrected chi connectivity index (χ2v) is 5.89. The number of halogens is 3. The number of hydrogen-bond donors (Lipinski definition) is 2. The summed E-state index contributed by atoms with van der Waals surface area (Å²) < 4.78 is 49.2. The van der Waals surface area contributed by atoms with E-state index in [2.05, 4.69) is 5.32 Å². The smallest absolute Gasteiger partial charge is 0.416 e. The molecule has 0 saturated carbocycles. The Morgan fingerprint density at radius 2 is 1.63 bits per heavy atom. The van der Waals surface area contributed by atoms with Crippen LogP contribution in [0.3, 0.4) is 0 Å². The third kappa shape index (κ3) is 5.89. The fourth-order valence-corrected chi connectivity index (χ4v) is 2.54. The van der Waals surface area contributed by atoms with Gasteiger partial charge in [-0.15, -0.1) is 0 Å². The largest absolute Gasteiger partial charge is 0.497 e. The summed E-state index contributed by atoms with van der Waals surface area (Å²) in [7, 11) is 3.04. The van der Waals surface area contributed by atoms with Gasteiger partial charge in [-0.2, -0.15) is 13.2 Å². The van der Waals surface area contributed by atoms with Gasteiger partial charge in [-0.05, 0) is 47.9 Å². The maximum Gasteiger partial charge on any atom is 0.416 e. The molecule has 0 atom stereocenters. The van der Waals surface area contributed by atoms with Crippen molar-refractivity contribution in [1.82, 2.24) is 0 Å². The van der Waals surface area contributed by atoms with E-state index in [1.807, 2.05) is 0 Å². The molecule has 5 nitrogen and oxygen atoms in total. The van der Waals surface area contributed by atoms with Gasteiger partial charge in [0.2, 0.25) is 5.91 Å². The molecule has 0 aromatic heterocycles. The second kappa shape index (κ2) is 8.77. The summed E-state index contributed by atoms with van der Waals surface area (Å²) in [6.07, 6.45) is -4.05. The molecular formula is C19H21F3N2O3. The van der Waals surface area contributed by atoms with E-state index in [0.717, 1.165) is 17.7 Å². The van der Waals surface area contributed by atoms with Crippen LogP contribution in [0.5, 0.6) is 11.5 Å². The fourth-order valence-electron chi connectivity index (χ4n) is 2.54. The summed E-state index contributed by atoms with van der Waals surface area (Å²) in [4.78, 5) is 12.2. The molecule has 1 amide bonds. The van der Waals surface area contributed by atoms with Gasteiger partial charge in [-0.1, -0.05) is 0 Å². The molecule has 27 heavy (non-hydrogen) atoms. The molecule has 0 aliphatic carbocycles. The monoisotopic (exact) mass is 382 g/mol. The molecule has 0 radical (unpaired) electrons. The molecule has 2 aromatic rings. The summed E-state index contributed by atoms with van der Waals surface area (Å²) in [6, 6.07) is 8.55. The molecule has 0 heterocycles. The number of amides is 1. The lowest BCUT2D eigenvalue weighted by Gasteiger charge is -2.13. The number of aryl methyl sites for hydroxylation is 1. The van der Waals surface area contributed by atoms with Crippen LogP contribution in [0.15, 0.2) is 36.4 Å². The Morgan fingerprint density at radius 3 is 2.15 bits per heavy atom. The first kappa shape index (κ1) is 20.6. The van der Waals surface area contributed by atoms with E-state index < -0.39 is 17.6 Å². The highest BCUT2D eigenvalue weighted by molar-refractivity contribution is 5.91. The highest BCUT2D eigenvalue weighted by Crippen LogP contribution is 2.32. The molecule has 2 aromatic carbocycles. The number of rotatable bonds is 7. The minimum Gasteiger partial charge on any atom is -0.497 e. The third-order valence-electron chi connectivity index (χ3n) is 3.89. The van der Waals surface area contributed by atoms with Crippen molar-refractivity contribution in [3.8, 4) is 11.5 Å². The minimum absolute atomic E-state index is 0.0591. The predicted molar refractivity (Wildman–Crippen MR) is 95.8 cm³/mol. The first-order valence-corrected chi connectivity index (χ1v) is 8.18. The Morgan fingerprint density at radius 1 is 1.00 bits per heavy atom. The third-order valence-corrected chi connectivity index (χ3v) is 3.89. The first-order valence-electron chi connectivity index (χ1n) is 8.18. The predicted octanol–water partition coefficient (Wildman–Crippen LogP) is 3.75. The van der Waals surface area contributed by atoms with Crippen molar-refractivity contribution < 1.29 is 27.4 Å². The summed E-state index contributed by atoms with van der Waals surface area (Å²) in [5.74, 6) is 0.782. The highest BCUT2D eigenvalue weighted by Gasteiger charge is 2.31. The van der Waals surface area contributed by atoms with Gasteiger partial charge in [0.15, 0.2) is 0 Å². The van der Waals surface area contributed by atoms with Gasteiger partial charge < -0.3 is 20.5 Å². The molecule has 0 unspecified atom stereocenters. The maximum atomic E-state index is 13.0. The van der Waals surface area contributed by atoms with Crippen molar-refractivity contribution in [2.24, 2.45) is 5.73 Å². The van der Waals surface area contributed by atoms with E-state index in [-0.39, 0.29) is 24.2 Å². The van der Waals surface area contributed by atoms with E-state index in [4.69, 9.17) is 15.2 Å². The van der Waals surface area contributed by atoms with Crippen molar-refractivity contribution in [1.29, 1.82) is 0 Å². The number of methoxy groups -OCH3 is 2. The second-order valence-electron chi connectivity index (χ2n) is 5.89. The minimum atomic E-state index is -4.51. The normalized spacial score (nSPS) is 11.2. The van der Waals surface area contributed by atoms with Crippen LogP contribution in [0, 0.1) is 0 Å². The van der Waals surface area contributed by atoms with E-state index in [0.29, 0.717) is 17.9 Å². The summed E-state index contributed by atoms with van der Waals surface area (Å²) in [5.41, 5.74) is 5.77. The van der Waals surface area contributed by atoms with Crippen LogP contribution in [0.1, 0.15) is 23.1 Å². The van der Waals surface area contributed by atoms with Gasteiger partial charge in [-0.25, -0.2) is 0 Å². The Balaban J connectivity index is 2.08. The lowest BCUT2D eigenvalue weighted by Crippen LogP contribution is -2.14. The zero-order valence-electron chi connectivity index (χ0n) is 15.0. The first-order chi connectivity index (χ1) is 12.7. The number of alkyl halides is 3. The zero-order valence-corrected chi connectivity index (χ0v) is 15.0. The van der Waals surface area contributed by atoms with Crippen molar-refractivity contribution in [2.75, 3.05) is 19.5 Å². The number of hydrogen-bond acceptors (Lipinski definition) is 4. The molecule has 0 spiro atoms. The Hall–Kier alpha value is -2.74. The van der Waals surface area contributed by atoms with E-state index >= 15 is 0 Å². The molecule has 0 saturated heterocycles. The number of carbonyl (C=O) groups excluding carboxylic acids is 1. The molecule has 0 bridgehead atoms. The van der Waals surface area contributed by atoms with Crippen LogP contribution >= 0.6 is 0 Å². The quantitative estimate of drug-likeness (QED) is 0.765. The molecule has 146 valence electrons. The van der Waals surface area contributed by atoms with Crippen LogP contribution < -0.4 is 20.5 Å². The van der Waals surface area contributed by atoms with Gasteiger partial charge in [-0.3, -0.25) is 4.79 Å². The van der Waals surface area contributed by atoms with Gasteiger partial charge in [0, 0.05) is 24.7 Å². The number of nitrogens with two attached hydrogens (primary N) is 1. The van der Waals surface area contributed by atoms with E-state index in [1.165, 1.54) is 20.3 Å². The molecule has 0 fully saturated rings. The Kier molecular flexibility index (Phi) is 6.68. The number of benzene rings is 2. The number of nitrogens with one attached hydrogen (secondary N) is 1. The average molecular weight is 382 g/mol. The van der Waals surface area contributed by atoms with Crippen molar-refractivity contribution in [2.45, 2.75) is 25.6 Å². The number of ether oxygens (including phenoxy) is 2. The summed E-state index contributed by atoms with van der Waals surface area (Å²) in [6.45, 7) is -0.0591. The molecule has 2 rings (SSSR count). The van der Waals surface area contributed by atoms with Crippen molar-refractivity contribution in [3.05, 3.63) is 53.1 Å². The van der Waals surface area contributed by atoms with Gasteiger partial charge >= 0.3 is 6.18 Å². The average Bonchev–Trinajstić information content (AvgIpc) is 2.64. The fraction of sp³-hybridized carbons (Fsp3) is 0.316. The standard InChI is InChI=1S/C19H21F3N2O3/c1-26-16-7-12(8-17(10-16)27-2)3-4-18(25)24-15-6-13(11-23)5-14(9-15)19(20,21)22/h5-10H,3-4,11,23H2,1-2H3,(H,24,25). The van der Waals surface area contributed by atoms with Gasteiger partial charge in [0.25, 0.3) is 0 Å². The van der Waals surface area contributed by atoms with Crippen LogP contribution in [0.2, 0.25) is 0 Å². The maximum absolute atomic E-state index is 13.0. The Labute approximate surface area is 155 Å². The van der Waals surface area contributed by atoms with Crippen LogP contribution in [0.4, 0.5) is 18.9 Å². The number of carbonyl (C=O) groups is 1. The van der Waals surface area contributed by atoms with Crippen LogP contribution in [0.25, 0.3) is 0 Å². The summed E-state index contributed by atoms with van der Waals surface area (Å²) >= 11 is 0. The van der Waals surface area contributed by atoms with Crippen LogP contribution in [-0.4, -0.2) is 20.1 Å². The molecule has 3 N–H and O–H groups in total. The SMILES string of the molecule is COc1cc(CCC(=O)Nc2cc(CN)cc(C(F)(F)F)c2)cc(OC)c1. The molecule has 0 aliphatic rings. The lowest BCUT2D eigenvalue weighted by atomic mass is 10.1.